The second-order valence-corrected chi connectivity index (χ2v) is 9.57. The van der Waals surface area contributed by atoms with E-state index in [2.05, 4.69) is 11.9 Å². The van der Waals surface area contributed by atoms with Gasteiger partial charge in [0.25, 0.3) is 5.69 Å². The first-order valence-corrected chi connectivity index (χ1v) is 12.8. The number of ether oxygens (including phenoxy) is 2. The van der Waals surface area contributed by atoms with Gasteiger partial charge < -0.3 is 14.8 Å². The Kier molecular flexibility index (Phi) is 11.2. The molecule has 9 nitrogen and oxygen atoms in total. The SMILES string of the molecule is C=CCCN([C@@H]1C=C[C@H](NCCCC(OCC)OCC)C1)S(=O)(=O)c1ccc([N+](=O)[O-])cc1. The molecule has 0 saturated heterocycles. The number of hydrogen-bond donors (Lipinski definition) is 1. The van der Waals surface area contributed by atoms with Gasteiger partial charge in [-0.1, -0.05) is 18.2 Å². The minimum atomic E-state index is -3.82. The second-order valence-electron chi connectivity index (χ2n) is 7.68. The van der Waals surface area contributed by atoms with Crippen molar-refractivity contribution in [2.24, 2.45) is 0 Å². The van der Waals surface area contributed by atoms with Gasteiger partial charge in [-0.05, 0) is 58.2 Å². The lowest BCUT2D eigenvalue weighted by Crippen LogP contribution is -2.41. The van der Waals surface area contributed by atoms with E-state index >= 15 is 0 Å². The van der Waals surface area contributed by atoms with Crippen molar-refractivity contribution in [3.05, 3.63) is 59.2 Å². The van der Waals surface area contributed by atoms with Crippen LogP contribution in [0.2, 0.25) is 0 Å². The van der Waals surface area contributed by atoms with Gasteiger partial charge in [-0.3, -0.25) is 10.1 Å². The molecule has 1 aromatic carbocycles. The number of hydrogen-bond acceptors (Lipinski definition) is 7. The first-order chi connectivity index (χ1) is 15.8. The quantitative estimate of drug-likeness (QED) is 0.126. The lowest BCUT2D eigenvalue weighted by molar-refractivity contribution is -0.384. The third-order valence-corrected chi connectivity index (χ3v) is 7.31. The molecule has 33 heavy (non-hydrogen) atoms. The van der Waals surface area contributed by atoms with Crippen LogP contribution in [0.15, 0.2) is 54.0 Å². The molecule has 0 amide bonds. The molecule has 0 fully saturated rings. The fraction of sp³-hybridized carbons (Fsp3) is 0.565. The van der Waals surface area contributed by atoms with E-state index in [0.717, 1.165) is 19.4 Å². The molecule has 0 saturated carbocycles. The molecule has 1 aliphatic rings. The lowest BCUT2D eigenvalue weighted by atomic mass is 10.2. The Balaban J connectivity index is 1.98. The molecule has 0 heterocycles. The van der Waals surface area contributed by atoms with E-state index in [-0.39, 0.29) is 35.5 Å². The average Bonchev–Trinajstić information content (AvgIpc) is 3.25. The highest BCUT2D eigenvalue weighted by Gasteiger charge is 2.33. The van der Waals surface area contributed by atoms with Gasteiger partial charge in [-0.15, -0.1) is 6.58 Å². The van der Waals surface area contributed by atoms with Crippen LogP contribution in [0.3, 0.4) is 0 Å². The largest absolute Gasteiger partial charge is 0.353 e. The maximum atomic E-state index is 13.3. The van der Waals surface area contributed by atoms with Crippen LogP contribution in [-0.2, 0) is 19.5 Å². The van der Waals surface area contributed by atoms with E-state index in [0.29, 0.717) is 26.1 Å². The Morgan fingerprint density at radius 3 is 2.48 bits per heavy atom. The number of rotatable bonds is 16. The van der Waals surface area contributed by atoms with Crippen molar-refractivity contribution >= 4 is 15.7 Å². The summed E-state index contributed by atoms with van der Waals surface area (Å²) < 4.78 is 39.2. The van der Waals surface area contributed by atoms with Crippen LogP contribution >= 0.6 is 0 Å². The van der Waals surface area contributed by atoms with E-state index in [4.69, 9.17) is 9.47 Å². The zero-order chi connectivity index (χ0) is 24.3. The van der Waals surface area contributed by atoms with Crippen LogP contribution in [0.4, 0.5) is 5.69 Å². The number of non-ortho nitro benzene ring substituents is 1. The number of nitro benzene ring substituents is 1. The molecule has 10 heteroatoms. The molecular weight excluding hydrogens is 446 g/mol. The van der Waals surface area contributed by atoms with E-state index in [9.17, 15) is 18.5 Å². The van der Waals surface area contributed by atoms with Crippen LogP contribution in [-0.4, -0.2) is 62.3 Å². The van der Waals surface area contributed by atoms with Crippen molar-refractivity contribution in [2.45, 2.75) is 62.8 Å². The molecule has 0 spiro atoms. The zero-order valence-corrected chi connectivity index (χ0v) is 20.2. The molecule has 1 aromatic rings. The van der Waals surface area contributed by atoms with E-state index in [1.807, 2.05) is 26.0 Å². The molecule has 0 aliphatic heterocycles. The number of benzene rings is 1. The first kappa shape index (κ1) is 27.1. The second kappa shape index (κ2) is 13.6. The van der Waals surface area contributed by atoms with Crippen LogP contribution < -0.4 is 5.32 Å². The normalized spacial score (nSPS) is 18.3. The van der Waals surface area contributed by atoms with Crippen molar-refractivity contribution in [2.75, 3.05) is 26.3 Å². The van der Waals surface area contributed by atoms with Gasteiger partial charge in [0.05, 0.1) is 9.82 Å². The summed E-state index contributed by atoms with van der Waals surface area (Å²) in [7, 11) is -3.82. The minimum Gasteiger partial charge on any atom is -0.353 e. The summed E-state index contributed by atoms with van der Waals surface area (Å²) in [6, 6.07) is 4.76. The van der Waals surface area contributed by atoms with Gasteiger partial charge in [0, 0.05) is 44.0 Å². The van der Waals surface area contributed by atoms with Gasteiger partial charge in [0.2, 0.25) is 10.0 Å². The minimum absolute atomic E-state index is 0.0415. The average molecular weight is 482 g/mol. The van der Waals surface area contributed by atoms with Crippen LogP contribution in [0.25, 0.3) is 0 Å². The Morgan fingerprint density at radius 2 is 1.91 bits per heavy atom. The van der Waals surface area contributed by atoms with E-state index in [1.165, 1.54) is 28.6 Å². The topological polar surface area (TPSA) is 111 Å². The summed E-state index contributed by atoms with van der Waals surface area (Å²) in [4.78, 5) is 10.4. The van der Waals surface area contributed by atoms with Crippen molar-refractivity contribution in [1.29, 1.82) is 0 Å². The lowest BCUT2D eigenvalue weighted by Gasteiger charge is -2.28. The van der Waals surface area contributed by atoms with Gasteiger partial charge in [0.15, 0.2) is 6.29 Å². The number of sulfonamides is 1. The third-order valence-electron chi connectivity index (χ3n) is 5.37. The molecular formula is C23H35N3O6S. The summed E-state index contributed by atoms with van der Waals surface area (Å²) in [5.41, 5.74) is -0.146. The Morgan fingerprint density at radius 1 is 1.24 bits per heavy atom. The molecule has 0 bridgehead atoms. The van der Waals surface area contributed by atoms with E-state index < -0.39 is 14.9 Å². The number of nitro groups is 1. The molecule has 1 N–H and O–H groups in total. The standard InChI is InChI=1S/C23H35N3O6S/c1-4-7-17-25(33(29,30)22-14-12-20(13-15-22)26(27)28)21-11-10-19(18-21)24-16-8-9-23(31-5-2)32-6-3/h4,10-15,19,21,23-24H,1,5-9,16-18H2,2-3H3/t19-,21+/m0/s1. The number of nitrogens with zero attached hydrogens (tertiary/aromatic N) is 2. The van der Waals surface area contributed by atoms with Gasteiger partial charge >= 0.3 is 0 Å². The molecule has 2 rings (SSSR count). The predicted octanol–water partition coefficient (Wildman–Crippen LogP) is 3.63. The monoisotopic (exact) mass is 481 g/mol. The zero-order valence-electron chi connectivity index (χ0n) is 19.4. The highest BCUT2D eigenvalue weighted by molar-refractivity contribution is 7.89. The molecule has 1 aliphatic carbocycles. The fourth-order valence-corrected chi connectivity index (χ4v) is 5.35. The molecule has 2 atom stereocenters. The highest BCUT2D eigenvalue weighted by atomic mass is 32.2. The number of nitrogens with one attached hydrogen (secondary N) is 1. The Labute approximate surface area is 196 Å². The predicted molar refractivity (Wildman–Crippen MR) is 127 cm³/mol. The van der Waals surface area contributed by atoms with Crippen molar-refractivity contribution in [3.8, 4) is 0 Å². The van der Waals surface area contributed by atoms with Gasteiger partial charge in [-0.25, -0.2) is 8.42 Å². The Hall–Kier alpha value is -2.11. The summed E-state index contributed by atoms with van der Waals surface area (Å²) in [5.74, 6) is 0. The van der Waals surface area contributed by atoms with Gasteiger partial charge in [-0.2, -0.15) is 4.31 Å². The molecule has 0 unspecified atom stereocenters. The van der Waals surface area contributed by atoms with Crippen molar-refractivity contribution in [3.63, 3.8) is 0 Å². The van der Waals surface area contributed by atoms with Crippen molar-refractivity contribution < 1.29 is 22.8 Å². The van der Waals surface area contributed by atoms with E-state index in [1.54, 1.807) is 6.08 Å². The van der Waals surface area contributed by atoms with Crippen LogP contribution in [0.5, 0.6) is 0 Å². The molecule has 184 valence electrons. The summed E-state index contributed by atoms with van der Waals surface area (Å²) in [5, 5.41) is 14.4. The van der Waals surface area contributed by atoms with Crippen molar-refractivity contribution in [1.82, 2.24) is 9.62 Å². The third kappa shape index (κ3) is 8.01. The maximum absolute atomic E-state index is 13.3. The smallest absolute Gasteiger partial charge is 0.269 e. The van der Waals surface area contributed by atoms with Gasteiger partial charge in [0.1, 0.15) is 0 Å². The highest BCUT2D eigenvalue weighted by Crippen LogP contribution is 2.26. The first-order valence-electron chi connectivity index (χ1n) is 11.4. The Bertz CT molecular complexity index is 882. The molecule has 0 aromatic heterocycles. The summed E-state index contributed by atoms with van der Waals surface area (Å²) in [6.45, 7) is 9.85. The van der Waals surface area contributed by atoms with Crippen LogP contribution in [0, 0.1) is 10.1 Å². The summed E-state index contributed by atoms with van der Waals surface area (Å²) in [6.07, 6.45) is 8.17. The maximum Gasteiger partial charge on any atom is 0.269 e. The fourth-order valence-electron chi connectivity index (χ4n) is 3.75. The molecule has 0 radical (unpaired) electrons. The summed E-state index contributed by atoms with van der Waals surface area (Å²) >= 11 is 0. The van der Waals surface area contributed by atoms with Crippen LogP contribution in [0.1, 0.15) is 39.5 Å².